The molecule has 0 aliphatic carbocycles. The summed E-state index contributed by atoms with van der Waals surface area (Å²) in [5.41, 5.74) is 2.33. The molecule has 0 aliphatic heterocycles. The fraction of sp³-hybridized carbons (Fsp3) is 0.524. The third kappa shape index (κ3) is 7.76. The van der Waals surface area contributed by atoms with E-state index < -0.39 is 0 Å². The molecule has 0 saturated carbocycles. The van der Waals surface area contributed by atoms with Gasteiger partial charge in [0.25, 0.3) is 0 Å². The first-order valence-corrected chi connectivity index (χ1v) is 10.4. The van der Waals surface area contributed by atoms with Gasteiger partial charge in [0.2, 0.25) is 16.9 Å². The van der Waals surface area contributed by atoms with Gasteiger partial charge in [-0.05, 0) is 30.7 Å². The first kappa shape index (κ1) is 22.0. The van der Waals surface area contributed by atoms with Crippen LogP contribution in [0.5, 0.6) is 0 Å². The van der Waals surface area contributed by atoms with Crippen molar-refractivity contribution in [2.75, 3.05) is 11.9 Å². The van der Waals surface area contributed by atoms with Gasteiger partial charge in [-0.2, -0.15) is 0 Å². The average Bonchev–Trinajstić information content (AvgIpc) is 3.01. The summed E-state index contributed by atoms with van der Waals surface area (Å²) in [6.45, 7) is 10.9. The fourth-order valence-electron chi connectivity index (χ4n) is 3.17. The summed E-state index contributed by atoms with van der Waals surface area (Å²) in [7, 11) is 0. The minimum atomic E-state index is -0.185. The highest BCUT2D eigenvalue weighted by Gasteiger charge is 2.18. The molecule has 2 aromatic rings. The molecule has 28 heavy (non-hydrogen) atoms. The number of nitrogens with zero attached hydrogens (tertiary/aromatic N) is 2. The Morgan fingerprint density at radius 1 is 1.18 bits per heavy atom. The van der Waals surface area contributed by atoms with Crippen molar-refractivity contribution in [2.24, 2.45) is 11.3 Å². The van der Waals surface area contributed by atoms with Crippen molar-refractivity contribution in [1.82, 2.24) is 15.5 Å². The number of aryl methyl sites for hydroxylation is 1. The molecule has 0 spiro atoms. The van der Waals surface area contributed by atoms with Crippen LogP contribution in [0.25, 0.3) is 10.6 Å². The van der Waals surface area contributed by atoms with Crippen LogP contribution < -0.4 is 10.6 Å². The van der Waals surface area contributed by atoms with Gasteiger partial charge in [-0.15, -0.1) is 10.2 Å². The molecular weight excluding hydrogens is 372 g/mol. The van der Waals surface area contributed by atoms with Crippen LogP contribution in [-0.2, 0) is 9.59 Å². The summed E-state index contributed by atoms with van der Waals surface area (Å²) < 4.78 is 0. The zero-order valence-corrected chi connectivity index (χ0v) is 18.2. The highest BCUT2D eigenvalue weighted by Crippen LogP contribution is 2.27. The fourth-order valence-corrected chi connectivity index (χ4v) is 3.93. The number of carbonyl (C=O) groups is 2. The molecule has 1 aromatic heterocycles. The molecule has 0 radical (unpaired) electrons. The molecule has 1 atom stereocenters. The van der Waals surface area contributed by atoms with E-state index in [9.17, 15) is 9.59 Å². The molecule has 2 N–H and O–H groups in total. The Kier molecular flexibility index (Phi) is 7.69. The van der Waals surface area contributed by atoms with Crippen molar-refractivity contribution in [1.29, 1.82) is 0 Å². The zero-order valence-electron chi connectivity index (χ0n) is 17.3. The van der Waals surface area contributed by atoms with E-state index in [1.807, 2.05) is 31.2 Å². The number of hydrogen-bond donors (Lipinski definition) is 2. The van der Waals surface area contributed by atoms with Crippen LogP contribution in [-0.4, -0.2) is 28.6 Å². The van der Waals surface area contributed by atoms with Gasteiger partial charge in [-0.1, -0.05) is 62.8 Å². The Hall–Kier alpha value is -2.28. The van der Waals surface area contributed by atoms with Crippen molar-refractivity contribution in [3.05, 3.63) is 29.8 Å². The second-order valence-electron chi connectivity index (χ2n) is 8.50. The van der Waals surface area contributed by atoms with Gasteiger partial charge in [0.1, 0.15) is 5.01 Å². The number of benzene rings is 1. The molecule has 1 aromatic carbocycles. The predicted octanol–water partition coefficient (Wildman–Crippen LogP) is 4.42. The number of carbonyl (C=O) groups excluding carboxylic acids is 2. The zero-order chi connectivity index (χ0) is 20.7. The normalized spacial score (nSPS) is 12.5. The largest absolute Gasteiger partial charge is 0.356 e. The molecular formula is C21H30N4O2S. The number of amides is 2. The maximum Gasteiger partial charge on any atom is 0.227 e. The summed E-state index contributed by atoms with van der Waals surface area (Å²) in [4.78, 5) is 24.1. The molecule has 0 fully saturated rings. The van der Waals surface area contributed by atoms with Crippen LogP contribution in [0.2, 0.25) is 0 Å². The Labute approximate surface area is 171 Å². The van der Waals surface area contributed by atoms with Crippen molar-refractivity contribution in [3.63, 3.8) is 0 Å². The first-order valence-electron chi connectivity index (χ1n) is 9.59. The van der Waals surface area contributed by atoms with Gasteiger partial charge in [0.05, 0.1) is 0 Å². The molecule has 152 valence electrons. The standard InChI is InChI=1S/C21H30N4O2S/c1-14-7-6-8-16(11-14)19-24-25-20(28-19)23-17(26)9-10-22-18(27)12-15(2)13-21(3,4)5/h6-8,11,15H,9-10,12-13H2,1-5H3,(H,22,27)(H,23,25,26)/t15-/m1/s1. The van der Waals surface area contributed by atoms with Crippen molar-refractivity contribution in [3.8, 4) is 10.6 Å². The Morgan fingerprint density at radius 3 is 2.61 bits per heavy atom. The van der Waals surface area contributed by atoms with Gasteiger partial charge in [0.15, 0.2) is 0 Å². The average molecular weight is 403 g/mol. The van der Waals surface area contributed by atoms with Crippen molar-refractivity contribution in [2.45, 2.75) is 53.9 Å². The van der Waals surface area contributed by atoms with E-state index in [1.54, 1.807) is 0 Å². The smallest absolute Gasteiger partial charge is 0.227 e. The monoisotopic (exact) mass is 402 g/mol. The lowest BCUT2D eigenvalue weighted by molar-refractivity contribution is -0.122. The molecule has 6 nitrogen and oxygen atoms in total. The SMILES string of the molecule is Cc1cccc(-c2nnc(NC(=O)CCNC(=O)C[C@@H](C)CC(C)(C)C)s2)c1. The summed E-state index contributed by atoms with van der Waals surface area (Å²) in [5.74, 6) is 0.118. The summed E-state index contributed by atoms with van der Waals surface area (Å²) >= 11 is 1.33. The number of aromatic nitrogens is 2. The van der Waals surface area contributed by atoms with Crippen LogP contribution in [0.3, 0.4) is 0 Å². The third-order valence-electron chi connectivity index (χ3n) is 4.11. The van der Waals surface area contributed by atoms with E-state index in [1.165, 1.54) is 11.3 Å². The second-order valence-corrected chi connectivity index (χ2v) is 9.48. The lowest BCUT2D eigenvalue weighted by Crippen LogP contribution is -2.29. The Bertz CT molecular complexity index is 811. The maximum atomic E-state index is 12.1. The van der Waals surface area contributed by atoms with Crippen molar-refractivity contribution >= 4 is 28.3 Å². The topological polar surface area (TPSA) is 84.0 Å². The quantitative estimate of drug-likeness (QED) is 0.684. The Morgan fingerprint density at radius 2 is 1.93 bits per heavy atom. The van der Waals surface area contributed by atoms with Crippen LogP contribution in [0.15, 0.2) is 24.3 Å². The molecule has 0 unspecified atom stereocenters. The molecule has 2 rings (SSSR count). The summed E-state index contributed by atoms with van der Waals surface area (Å²) in [6.07, 6.45) is 1.68. The second kappa shape index (κ2) is 9.78. The van der Waals surface area contributed by atoms with E-state index in [4.69, 9.17) is 0 Å². The predicted molar refractivity (Wildman–Crippen MR) is 114 cm³/mol. The molecule has 2 amide bonds. The minimum absolute atomic E-state index is 0.0119. The van der Waals surface area contributed by atoms with E-state index in [2.05, 4.69) is 48.5 Å². The highest BCUT2D eigenvalue weighted by atomic mass is 32.1. The van der Waals surface area contributed by atoms with Gasteiger partial charge in [-0.25, -0.2) is 0 Å². The molecule has 1 heterocycles. The van der Waals surface area contributed by atoms with Gasteiger partial charge in [0, 0.05) is 24.9 Å². The number of hydrogen-bond acceptors (Lipinski definition) is 5. The molecule has 7 heteroatoms. The van der Waals surface area contributed by atoms with E-state index in [-0.39, 0.29) is 23.7 Å². The maximum absolute atomic E-state index is 12.1. The van der Waals surface area contributed by atoms with Gasteiger partial charge in [-0.3, -0.25) is 9.59 Å². The number of nitrogens with one attached hydrogen (secondary N) is 2. The van der Waals surface area contributed by atoms with E-state index >= 15 is 0 Å². The molecule has 0 bridgehead atoms. The molecule has 0 aliphatic rings. The lowest BCUT2D eigenvalue weighted by Gasteiger charge is -2.22. The van der Waals surface area contributed by atoms with Crippen LogP contribution in [0.4, 0.5) is 5.13 Å². The lowest BCUT2D eigenvalue weighted by atomic mass is 9.84. The number of rotatable bonds is 8. The van der Waals surface area contributed by atoms with E-state index in [0.29, 0.717) is 24.0 Å². The van der Waals surface area contributed by atoms with Gasteiger partial charge >= 0.3 is 0 Å². The summed E-state index contributed by atoms with van der Waals surface area (Å²) in [6, 6.07) is 7.98. The van der Waals surface area contributed by atoms with E-state index in [0.717, 1.165) is 22.6 Å². The van der Waals surface area contributed by atoms with Crippen LogP contribution >= 0.6 is 11.3 Å². The van der Waals surface area contributed by atoms with Crippen LogP contribution in [0.1, 0.15) is 52.5 Å². The van der Waals surface area contributed by atoms with Gasteiger partial charge < -0.3 is 10.6 Å². The highest BCUT2D eigenvalue weighted by molar-refractivity contribution is 7.18. The Balaban J connectivity index is 1.74. The molecule has 0 saturated heterocycles. The minimum Gasteiger partial charge on any atom is -0.356 e. The third-order valence-corrected chi connectivity index (χ3v) is 4.99. The first-order chi connectivity index (χ1) is 13.1. The number of anilines is 1. The van der Waals surface area contributed by atoms with Crippen molar-refractivity contribution < 1.29 is 9.59 Å². The summed E-state index contributed by atoms with van der Waals surface area (Å²) in [5, 5.41) is 15.0. The van der Waals surface area contributed by atoms with Crippen LogP contribution in [0, 0.1) is 18.3 Å².